The Kier molecular flexibility index (Phi) is 6.75. The summed E-state index contributed by atoms with van der Waals surface area (Å²) in [7, 11) is 0. The summed E-state index contributed by atoms with van der Waals surface area (Å²) in [5, 5.41) is 7.76. The Bertz CT molecular complexity index is 970. The molecule has 28 heavy (non-hydrogen) atoms. The molecular weight excluding hydrogens is 442 g/mol. The van der Waals surface area contributed by atoms with Crippen LogP contribution >= 0.6 is 27.5 Å². The molecule has 0 bridgehead atoms. The van der Waals surface area contributed by atoms with Crippen LogP contribution < -0.4 is 10.1 Å². The molecule has 0 aliphatic heterocycles. The molecule has 3 rings (SSSR count). The van der Waals surface area contributed by atoms with Crippen LogP contribution in [0.4, 0.5) is 0 Å². The number of nitrogens with one attached hydrogen (secondary N) is 1. The van der Waals surface area contributed by atoms with E-state index in [4.69, 9.17) is 16.3 Å². The molecule has 1 amide bonds. The average molecular weight is 463 g/mol. The van der Waals surface area contributed by atoms with E-state index in [1.807, 2.05) is 48.9 Å². The van der Waals surface area contributed by atoms with Crippen LogP contribution in [0.25, 0.3) is 0 Å². The number of carbonyl (C=O) groups is 1. The lowest BCUT2D eigenvalue weighted by molar-refractivity contribution is 0.0949. The molecule has 5 nitrogen and oxygen atoms in total. The summed E-state index contributed by atoms with van der Waals surface area (Å²) in [6, 6.07) is 13.0. The Balaban J connectivity index is 1.58. The fourth-order valence-electron chi connectivity index (χ4n) is 2.74. The number of hydrogen-bond acceptors (Lipinski definition) is 3. The fraction of sp³-hybridized carbons (Fsp3) is 0.238. The first-order chi connectivity index (χ1) is 13.5. The van der Waals surface area contributed by atoms with Crippen LogP contribution in [-0.2, 0) is 19.7 Å². The van der Waals surface area contributed by atoms with E-state index in [0.717, 1.165) is 27.8 Å². The zero-order valence-electron chi connectivity index (χ0n) is 15.7. The maximum atomic E-state index is 12.4. The zero-order valence-corrected chi connectivity index (χ0v) is 18.0. The van der Waals surface area contributed by atoms with E-state index < -0.39 is 0 Å². The van der Waals surface area contributed by atoms with Crippen molar-refractivity contribution < 1.29 is 9.53 Å². The van der Waals surface area contributed by atoms with Crippen molar-refractivity contribution in [3.63, 3.8) is 0 Å². The molecule has 3 aromatic rings. The lowest BCUT2D eigenvalue weighted by atomic mass is 10.1. The standard InChI is InChI=1S/C21H21BrClN3O2/c1-3-26-19(17(22)11-25-26)12-24-21(27)16-7-5-15(6-8-16)13-28-20-10-14(2)4-9-18(20)23/h4-11H,3,12-13H2,1-2H3,(H,24,27). The second kappa shape index (κ2) is 9.26. The molecule has 0 spiro atoms. The third-order valence-electron chi connectivity index (χ3n) is 4.31. The summed E-state index contributed by atoms with van der Waals surface area (Å²) in [5.41, 5.74) is 3.58. The summed E-state index contributed by atoms with van der Waals surface area (Å²) >= 11 is 9.61. The molecule has 0 aliphatic carbocycles. The van der Waals surface area contributed by atoms with Crippen LogP contribution in [0.15, 0.2) is 53.1 Å². The molecule has 0 aliphatic rings. The molecule has 7 heteroatoms. The number of carbonyl (C=O) groups excluding carboxylic acids is 1. The first kappa shape index (κ1) is 20.4. The van der Waals surface area contributed by atoms with Crippen molar-refractivity contribution >= 4 is 33.4 Å². The number of rotatable bonds is 7. The Morgan fingerprint density at radius 2 is 2.00 bits per heavy atom. The van der Waals surface area contributed by atoms with Crippen molar-refractivity contribution in [2.45, 2.75) is 33.5 Å². The first-order valence-corrected chi connectivity index (χ1v) is 10.1. The van der Waals surface area contributed by atoms with Gasteiger partial charge in [-0.3, -0.25) is 9.48 Å². The number of hydrogen-bond donors (Lipinski definition) is 1. The number of amides is 1. The Morgan fingerprint density at radius 3 is 2.71 bits per heavy atom. The minimum Gasteiger partial charge on any atom is -0.487 e. The van der Waals surface area contributed by atoms with Gasteiger partial charge in [-0.15, -0.1) is 0 Å². The highest BCUT2D eigenvalue weighted by Crippen LogP contribution is 2.26. The number of halogens is 2. The second-order valence-electron chi connectivity index (χ2n) is 6.36. The molecule has 0 saturated heterocycles. The lowest BCUT2D eigenvalue weighted by Crippen LogP contribution is -2.24. The van der Waals surface area contributed by atoms with Crippen molar-refractivity contribution in [1.82, 2.24) is 15.1 Å². The number of nitrogens with zero attached hydrogens (tertiary/aromatic N) is 2. The predicted molar refractivity (Wildman–Crippen MR) is 114 cm³/mol. The Labute approximate surface area is 177 Å². The van der Waals surface area contributed by atoms with Gasteiger partial charge in [-0.1, -0.05) is 29.8 Å². The average Bonchev–Trinajstić information content (AvgIpc) is 3.06. The number of ether oxygens (including phenoxy) is 1. The highest BCUT2D eigenvalue weighted by atomic mass is 79.9. The molecule has 0 fully saturated rings. The molecule has 0 saturated carbocycles. The molecular formula is C21H21BrClN3O2. The van der Waals surface area contributed by atoms with Crippen LogP contribution in [0.3, 0.4) is 0 Å². The van der Waals surface area contributed by atoms with Gasteiger partial charge in [0.05, 0.1) is 27.9 Å². The van der Waals surface area contributed by atoms with E-state index in [0.29, 0.717) is 29.5 Å². The molecule has 0 unspecified atom stereocenters. The van der Waals surface area contributed by atoms with E-state index in [-0.39, 0.29) is 5.91 Å². The number of benzene rings is 2. The van der Waals surface area contributed by atoms with Crippen LogP contribution in [0.2, 0.25) is 5.02 Å². The maximum absolute atomic E-state index is 12.4. The normalized spacial score (nSPS) is 10.7. The van der Waals surface area contributed by atoms with Gasteiger partial charge in [-0.05, 0) is 65.2 Å². The quantitative estimate of drug-likeness (QED) is 0.529. The smallest absolute Gasteiger partial charge is 0.251 e. The van der Waals surface area contributed by atoms with Crippen molar-refractivity contribution in [3.05, 3.63) is 80.5 Å². The SMILES string of the molecule is CCn1ncc(Br)c1CNC(=O)c1ccc(COc2cc(C)ccc2Cl)cc1. The van der Waals surface area contributed by atoms with Crippen molar-refractivity contribution in [3.8, 4) is 5.75 Å². The van der Waals surface area contributed by atoms with Crippen LogP contribution in [0.5, 0.6) is 5.75 Å². The number of aromatic nitrogens is 2. The van der Waals surface area contributed by atoms with Crippen LogP contribution in [-0.4, -0.2) is 15.7 Å². The van der Waals surface area contributed by atoms with Crippen molar-refractivity contribution in [1.29, 1.82) is 0 Å². The van der Waals surface area contributed by atoms with E-state index in [1.54, 1.807) is 18.3 Å². The van der Waals surface area contributed by atoms with Gasteiger partial charge >= 0.3 is 0 Å². The minimum absolute atomic E-state index is 0.134. The Morgan fingerprint density at radius 1 is 1.25 bits per heavy atom. The van der Waals surface area contributed by atoms with Crippen molar-refractivity contribution in [2.75, 3.05) is 0 Å². The molecule has 1 heterocycles. The van der Waals surface area contributed by atoms with E-state index in [9.17, 15) is 4.79 Å². The highest BCUT2D eigenvalue weighted by molar-refractivity contribution is 9.10. The molecule has 1 N–H and O–H groups in total. The van der Waals surface area contributed by atoms with Crippen LogP contribution in [0.1, 0.15) is 34.1 Å². The lowest BCUT2D eigenvalue weighted by Gasteiger charge is -2.10. The summed E-state index contributed by atoms with van der Waals surface area (Å²) in [5.74, 6) is 0.520. The van der Waals surface area contributed by atoms with Gasteiger partial charge in [-0.2, -0.15) is 5.10 Å². The Hall–Kier alpha value is -2.31. The molecule has 146 valence electrons. The highest BCUT2D eigenvalue weighted by Gasteiger charge is 2.11. The van der Waals surface area contributed by atoms with Gasteiger partial charge in [0.25, 0.3) is 5.91 Å². The van der Waals surface area contributed by atoms with Gasteiger partial charge in [0.15, 0.2) is 0 Å². The zero-order chi connectivity index (χ0) is 20.1. The van der Waals surface area contributed by atoms with Gasteiger partial charge in [0, 0.05) is 12.1 Å². The van der Waals surface area contributed by atoms with Gasteiger partial charge in [-0.25, -0.2) is 0 Å². The summed E-state index contributed by atoms with van der Waals surface area (Å²) in [6.45, 7) is 5.53. The van der Waals surface area contributed by atoms with E-state index in [1.165, 1.54) is 0 Å². The van der Waals surface area contributed by atoms with Crippen LogP contribution in [0, 0.1) is 6.92 Å². The van der Waals surface area contributed by atoms with Crippen molar-refractivity contribution in [2.24, 2.45) is 0 Å². The number of aryl methyl sites for hydroxylation is 2. The maximum Gasteiger partial charge on any atom is 0.251 e. The van der Waals surface area contributed by atoms with Gasteiger partial charge < -0.3 is 10.1 Å². The minimum atomic E-state index is -0.134. The van der Waals surface area contributed by atoms with E-state index >= 15 is 0 Å². The summed E-state index contributed by atoms with van der Waals surface area (Å²) < 4.78 is 8.53. The first-order valence-electron chi connectivity index (χ1n) is 8.94. The van der Waals surface area contributed by atoms with Gasteiger partial charge in [0.1, 0.15) is 12.4 Å². The summed E-state index contributed by atoms with van der Waals surface area (Å²) in [4.78, 5) is 12.4. The molecule has 2 aromatic carbocycles. The topological polar surface area (TPSA) is 56.2 Å². The fourth-order valence-corrected chi connectivity index (χ4v) is 3.35. The predicted octanol–water partition coefficient (Wildman–Crippen LogP) is 5.14. The molecule has 1 aromatic heterocycles. The van der Waals surface area contributed by atoms with Gasteiger partial charge in [0.2, 0.25) is 0 Å². The van der Waals surface area contributed by atoms with E-state index in [2.05, 4.69) is 26.3 Å². The largest absolute Gasteiger partial charge is 0.487 e. The monoisotopic (exact) mass is 461 g/mol. The second-order valence-corrected chi connectivity index (χ2v) is 7.62. The molecule has 0 radical (unpaired) electrons. The summed E-state index contributed by atoms with van der Waals surface area (Å²) in [6.07, 6.45) is 1.74. The third kappa shape index (κ3) is 4.94. The third-order valence-corrected chi connectivity index (χ3v) is 5.29. The molecule has 0 atom stereocenters.